The van der Waals surface area contributed by atoms with Crippen molar-refractivity contribution >= 4 is 17.7 Å². The topological polar surface area (TPSA) is 27.3 Å². The van der Waals surface area contributed by atoms with Crippen molar-refractivity contribution in [2.75, 3.05) is 14.1 Å². The maximum absolute atomic E-state index is 4.55. The molecule has 0 amide bonds. The predicted octanol–water partition coefficient (Wildman–Crippen LogP) is -0.486. The number of hydrogen-bond acceptors (Lipinski definition) is 3. The fraction of sp³-hybridized carbons (Fsp3) is 0.667. The molecule has 0 heterocycles. The van der Waals surface area contributed by atoms with Crippen LogP contribution in [0.5, 0.6) is 0 Å². The van der Waals surface area contributed by atoms with Crippen LogP contribution in [0.4, 0.5) is 0 Å². The second-order valence-electron chi connectivity index (χ2n) is 0.923. The number of nitrogens with one attached hydrogen (secondary N) is 2. The lowest BCUT2D eigenvalue weighted by Crippen LogP contribution is -2.42. The minimum Gasteiger partial charge on any atom is -0.239 e. The van der Waals surface area contributed by atoms with Gasteiger partial charge < -0.3 is 0 Å². The molecule has 0 aromatic rings. The largest absolute Gasteiger partial charge is 0.239 e. The van der Waals surface area contributed by atoms with Crippen LogP contribution in [0.25, 0.3) is 0 Å². The summed E-state index contributed by atoms with van der Waals surface area (Å²) in [6, 6.07) is 0. The lowest BCUT2D eigenvalue weighted by atomic mass is 11.3. The Hall–Kier alpha value is -0.190. The molecule has 3 nitrogen and oxygen atoms in total. The van der Waals surface area contributed by atoms with Gasteiger partial charge in [0.05, 0.1) is 5.49 Å². The van der Waals surface area contributed by atoms with Gasteiger partial charge in [0.25, 0.3) is 0 Å². The first kappa shape index (κ1) is 6.81. The fourth-order valence-electron chi connectivity index (χ4n) is 0.217. The third-order valence-electron chi connectivity index (χ3n) is 0.587. The van der Waals surface area contributed by atoms with E-state index in [4.69, 9.17) is 0 Å². The average molecular weight is 119 g/mol. The second kappa shape index (κ2) is 3.98. The molecule has 2 N–H and O–H groups in total. The molecular formula is C3H9N3S. The molecule has 0 aliphatic rings. The molecule has 42 valence electrons. The van der Waals surface area contributed by atoms with Crippen LogP contribution in [-0.4, -0.2) is 24.7 Å². The van der Waals surface area contributed by atoms with E-state index in [-0.39, 0.29) is 0 Å². The van der Waals surface area contributed by atoms with Crippen molar-refractivity contribution in [2.45, 2.75) is 0 Å². The molecule has 4 heteroatoms. The Morgan fingerprint density at radius 2 is 1.86 bits per heavy atom. The van der Waals surface area contributed by atoms with E-state index in [0.29, 0.717) is 0 Å². The summed E-state index contributed by atoms with van der Waals surface area (Å²) >= 11 is 4.55. The van der Waals surface area contributed by atoms with Crippen molar-refractivity contribution in [2.24, 2.45) is 0 Å². The lowest BCUT2D eigenvalue weighted by molar-refractivity contribution is 0.281. The normalized spacial score (nSPS) is 8.29. The van der Waals surface area contributed by atoms with Gasteiger partial charge in [0, 0.05) is 14.1 Å². The minimum atomic E-state index is 1.47. The van der Waals surface area contributed by atoms with Crippen molar-refractivity contribution in [3.05, 3.63) is 0 Å². The first-order valence-electron chi connectivity index (χ1n) is 1.94. The van der Waals surface area contributed by atoms with E-state index in [2.05, 4.69) is 23.1 Å². The second-order valence-corrected chi connectivity index (χ2v) is 1.13. The molecule has 0 aliphatic heterocycles. The van der Waals surface area contributed by atoms with Crippen molar-refractivity contribution in [3.63, 3.8) is 0 Å². The van der Waals surface area contributed by atoms with E-state index < -0.39 is 0 Å². The van der Waals surface area contributed by atoms with Crippen LogP contribution in [-0.2, 0) is 0 Å². The quantitative estimate of drug-likeness (QED) is 0.387. The van der Waals surface area contributed by atoms with Gasteiger partial charge in [-0.1, -0.05) is 12.2 Å². The highest BCUT2D eigenvalue weighted by atomic mass is 32.1. The summed E-state index contributed by atoms with van der Waals surface area (Å²) in [5.41, 5.74) is 7.00. The summed E-state index contributed by atoms with van der Waals surface area (Å²) in [6.45, 7) is 0. The highest BCUT2D eigenvalue weighted by molar-refractivity contribution is 7.78. The van der Waals surface area contributed by atoms with Crippen molar-refractivity contribution in [1.82, 2.24) is 16.0 Å². The van der Waals surface area contributed by atoms with E-state index in [9.17, 15) is 0 Å². The van der Waals surface area contributed by atoms with E-state index in [1.165, 1.54) is 5.49 Å². The molecule has 0 radical (unpaired) electrons. The molecule has 0 saturated carbocycles. The van der Waals surface area contributed by atoms with Crippen LogP contribution in [0, 0.1) is 0 Å². The van der Waals surface area contributed by atoms with Crippen molar-refractivity contribution in [3.8, 4) is 0 Å². The van der Waals surface area contributed by atoms with Gasteiger partial charge >= 0.3 is 0 Å². The van der Waals surface area contributed by atoms with E-state index in [0.717, 1.165) is 0 Å². The van der Waals surface area contributed by atoms with Gasteiger partial charge in [-0.3, -0.25) is 0 Å². The highest BCUT2D eigenvalue weighted by Gasteiger charge is 1.81. The molecule has 0 aromatic heterocycles. The molecule has 0 bridgehead atoms. The maximum Gasteiger partial charge on any atom is 0.0969 e. The summed E-state index contributed by atoms with van der Waals surface area (Å²) in [6.07, 6.45) is 0. The summed E-state index contributed by atoms with van der Waals surface area (Å²) in [5.74, 6) is 0. The van der Waals surface area contributed by atoms with Crippen molar-refractivity contribution < 1.29 is 0 Å². The van der Waals surface area contributed by atoms with Gasteiger partial charge in [-0.05, 0) is 0 Å². The summed E-state index contributed by atoms with van der Waals surface area (Å²) in [5, 5.41) is 1.56. The monoisotopic (exact) mass is 119 g/mol. The molecule has 0 aromatic carbocycles. The first-order valence-corrected chi connectivity index (χ1v) is 2.41. The molecular weight excluding hydrogens is 110 g/mol. The summed E-state index contributed by atoms with van der Waals surface area (Å²) in [4.78, 5) is 0. The minimum absolute atomic E-state index is 1.47. The molecule has 0 fully saturated rings. The molecule has 7 heavy (non-hydrogen) atoms. The number of nitrogens with zero attached hydrogens (tertiary/aromatic N) is 1. The zero-order chi connectivity index (χ0) is 5.70. The molecule has 0 unspecified atom stereocenters. The van der Waals surface area contributed by atoms with Crippen LogP contribution >= 0.6 is 12.2 Å². The SMILES string of the molecule is CNN(C=S)NC. The smallest absolute Gasteiger partial charge is 0.0969 e. The Kier molecular flexibility index (Phi) is 3.87. The zero-order valence-corrected chi connectivity index (χ0v) is 5.25. The van der Waals surface area contributed by atoms with Crippen LogP contribution < -0.4 is 10.9 Å². The summed E-state index contributed by atoms with van der Waals surface area (Å²) in [7, 11) is 3.55. The van der Waals surface area contributed by atoms with Gasteiger partial charge in [0.2, 0.25) is 0 Å². The molecule has 0 aliphatic carbocycles. The van der Waals surface area contributed by atoms with Gasteiger partial charge in [-0.15, -0.1) is 0 Å². The highest BCUT2D eigenvalue weighted by Crippen LogP contribution is 1.59. The Morgan fingerprint density at radius 1 is 1.43 bits per heavy atom. The molecule has 0 rings (SSSR count). The Labute approximate surface area is 48.6 Å². The zero-order valence-electron chi connectivity index (χ0n) is 4.43. The van der Waals surface area contributed by atoms with E-state index in [1.54, 1.807) is 19.2 Å². The molecule has 0 saturated heterocycles. The number of rotatable bonds is 3. The van der Waals surface area contributed by atoms with Crippen LogP contribution in [0.3, 0.4) is 0 Å². The van der Waals surface area contributed by atoms with Gasteiger partial charge in [0.15, 0.2) is 0 Å². The number of hydrazine groups is 2. The third kappa shape index (κ3) is 2.50. The number of hydrogen-bond donors (Lipinski definition) is 2. The fourth-order valence-corrected chi connectivity index (χ4v) is 0.428. The van der Waals surface area contributed by atoms with Gasteiger partial charge in [-0.25, -0.2) is 16.0 Å². The van der Waals surface area contributed by atoms with Gasteiger partial charge in [-0.2, -0.15) is 0 Å². The first-order chi connectivity index (χ1) is 3.35. The van der Waals surface area contributed by atoms with Crippen LogP contribution in [0.1, 0.15) is 0 Å². The number of thiocarbonyl (C=S) groups is 1. The van der Waals surface area contributed by atoms with Gasteiger partial charge in [0.1, 0.15) is 0 Å². The summed E-state index contributed by atoms with van der Waals surface area (Å²) < 4.78 is 0. The standard InChI is InChI=1S/C3H9N3S/c1-4-6(3-7)5-2/h3-5H,1-2H3. The Bertz CT molecular complexity index is 52.1. The average Bonchev–Trinajstić information content (AvgIpc) is 1.72. The lowest BCUT2D eigenvalue weighted by Gasteiger charge is -2.13. The third-order valence-corrected chi connectivity index (χ3v) is 0.798. The maximum atomic E-state index is 4.55. The Morgan fingerprint density at radius 3 is 1.86 bits per heavy atom. The van der Waals surface area contributed by atoms with E-state index in [1.807, 2.05) is 0 Å². The Balaban J connectivity index is 3.16. The molecule has 0 atom stereocenters. The molecule has 0 spiro atoms. The van der Waals surface area contributed by atoms with Crippen LogP contribution in [0.15, 0.2) is 0 Å². The van der Waals surface area contributed by atoms with E-state index >= 15 is 0 Å². The van der Waals surface area contributed by atoms with Crippen LogP contribution in [0.2, 0.25) is 0 Å². The predicted molar refractivity (Wildman–Crippen MR) is 33.6 cm³/mol. The van der Waals surface area contributed by atoms with Crippen molar-refractivity contribution in [1.29, 1.82) is 0 Å².